The van der Waals surface area contributed by atoms with Crippen molar-refractivity contribution in [2.45, 2.75) is 26.2 Å². The molecule has 5 nitrogen and oxygen atoms in total. The van der Waals surface area contributed by atoms with Crippen molar-refractivity contribution < 1.29 is 4.79 Å². The minimum atomic E-state index is 0.0939. The number of carbonyl (C=O) groups is 1. The first kappa shape index (κ1) is 16.4. The lowest BCUT2D eigenvalue weighted by atomic mass is 10.1. The predicted molar refractivity (Wildman–Crippen MR) is 91.3 cm³/mol. The molecule has 0 unspecified atom stereocenters. The molecule has 0 aromatic carbocycles. The van der Waals surface area contributed by atoms with Crippen molar-refractivity contribution >= 4 is 5.91 Å². The van der Waals surface area contributed by atoms with Crippen LogP contribution in [0.4, 0.5) is 0 Å². The molecule has 1 aliphatic heterocycles. The Kier molecular flexibility index (Phi) is 4.97. The first-order valence-corrected chi connectivity index (χ1v) is 8.64. The fraction of sp³-hybridized carbons (Fsp3) is 0.667. The third kappa shape index (κ3) is 4.52. The second-order valence-corrected chi connectivity index (χ2v) is 7.30. The van der Waals surface area contributed by atoms with E-state index in [2.05, 4.69) is 27.1 Å². The molecule has 3 rings (SSSR count). The van der Waals surface area contributed by atoms with Crippen LogP contribution in [-0.2, 0) is 11.2 Å². The first-order valence-electron chi connectivity index (χ1n) is 8.64. The molecule has 5 heteroatoms. The van der Waals surface area contributed by atoms with E-state index in [0.717, 1.165) is 50.5 Å². The number of nitrogens with one attached hydrogen (secondary N) is 1. The van der Waals surface area contributed by atoms with Crippen molar-refractivity contribution in [1.82, 2.24) is 20.1 Å². The van der Waals surface area contributed by atoms with E-state index >= 15 is 0 Å². The molecule has 2 heterocycles. The molecule has 1 saturated heterocycles. The van der Waals surface area contributed by atoms with Crippen LogP contribution in [-0.4, -0.2) is 67.0 Å². The van der Waals surface area contributed by atoms with Gasteiger partial charge in [-0.25, -0.2) is 0 Å². The van der Waals surface area contributed by atoms with E-state index in [-0.39, 0.29) is 5.91 Å². The van der Waals surface area contributed by atoms with Gasteiger partial charge in [0.25, 0.3) is 0 Å². The van der Waals surface area contributed by atoms with Crippen molar-refractivity contribution in [2.24, 2.45) is 5.41 Å². The zero-order valence-electron chi connectivity index (χ0n) is 14.3. The number of aromatic nitrogens is 1. The topological polar surface area (TPSA) is 48.5 Å². The van der Waals surface area contributed by atoms with Crippen LogP contribution in [0.3, 0.4) is 0 Å². The van der Waals surface area contributed by atoms with Crippen molar-refractivity contribution in [3.8, 4) is 0 Å². The number of likely N-dealkylation sites (N-methyl/N-ethyl adjacent to an activating group) is 1. The smallest absolute Gasteiger partial charge is 0.226 e. The van der Waals surface area contributed by atoms with E-state index < -0.39 is 0 Å². The number of pyridine rings is 1. The van der Waals surface area contributed by atoms with Gasteiger partial charge in [0.15, 0.2) is 0 Å². The van der Waals surface area contributed by atoms with Crippen LogP contribution in [0.1, 0.15) is 24.1 Å². The lowest BCUT2D eigenvalue weighted by molar-refractivity contribution is -0.120. The third-order valence-corrected chi connectivity index (χ3v) is 5.22. The second-order valence-electron chi connectivity index (χ2n) is 7.30. The zero-order chi connectivity index (χ0) is 16.3. The average Bonchev–Trinajstić information content (AvgIpc) is 3.30. The van der Waals surface area contributed by atoms with E-state index in [1.807, 2.05) is 19.1 Å². The van der Waals surface area contributed by atoms with Crippen LogP contribution in [0.5, 0.6) is 0 Å². The first-order chi connectivity index (χ1) is 11.1. The molecule has 0 atom stereocenters. The number of rotatable bonds is 6. The third-order valence-electron chi connectivity index (χ3n) is 5.22. The van der Waals surface area contributed by atoms with Gasteiger partial charge < -0.3 is 15.1 Å². The van der Waals surface area contributed by atoms with Crippen LogP contribution in [0.15, 0.2) is 18.3 Å². The summed E-state index contributed by atoms with van der Waals surface area (Å²) in [5.41, 5.74) is 2.29. The number of hydrogen-bond acceptors (Lipinski definition) is 4. The van der Waals surface area contributed by atoms with Gasteiger partial charge in [-0.15, -0.1) is 0 Å². The summed E-state index contributed by atoms with van der Waals surface area (Å²) in [7, 11) is 2.18. The van der Waals surface area contributed by atoms with Crippen molar-refractivity contribution in [3.63, 3.8) is 0 Å². The highest BCUT2D eigenvalue weighted by atomic mass is 16.1. The maximum Gasteiger partial charge on any atom is 0.226 e. The standard InChI is InChI=1S/C18H28N4O/c1-15-4-3-7-19-16(15)12-17(23)20-13-18(5-6-18)14-22-10-8-21(2)9-11-22/h3-4,7H,5-6,8-14H2,1-2H3,(H,20,23). The van der Waals surface area contributed by atoms with Crippen molar-refractivity contribution in [2.75, 3.05) is 46.3 Å². The zero-order valence-corrected chi connectivity index (χ0v) is 14.3. The highest BCUT2D eigenvalue weighted by molar-refractivity contribution is 5.78. The molecule has 1 aliphatic carbocycles. The Morgan fingerprint density at radius 2 is 2.04 bits per heavy atom. The fourth-order valence-corrected chi connectivity index (χ4v) is 3.25. The van der Waals surface area contributed by atoms with Gasteiger partial charge in [-0.2, -0.15) is 0 Å². The van der Waals surface area contributed by atoms with Crippen LogP contribution in [0.25, 0.3) is 0 Å². The maximum atomic E-state index is 12.2. The Hall–Kier alpha value is -1.46. The number of aryl methyl sites for hydroxylation is 1. The maximum absolute atomic E-state index is 12.2. The highest BCUT2D eigenvalue weighted by Gasteiger charge is 2.44. The fourth-order valence-electron chi connectivity index (χ4n) is 3.25. The van der Waals surface area contributed by atoms with E-state index in [1.165, 1.54) is 12.8 Å². The summed E-state index contributed by atoms with van der Waals surface area (Å²) in [6, 6.07) is 3.91. The van der Waals surface area contributed by atoms with Gasteiger partial charge in [0.05, 0.1) is 12.1 Å². The average molecular weight is 316 g/mol. The number of piperazine rings is 1. The summed E-state index contributed by atoms with van der Waals surface area (Å²) in [6.07, 6.45) is 4.62. The second kappa shape index (κ2) is 6.97. The molecule has 1 N–H and O–H groups in total. The van der Waals surface area contributed by atoms with Crippen LogP contribution < -0.4 is 5.32 Å². The van der Waals surface area contributed by atoms with E-state index in [9.17, 15) is 4.79 Å². The lowest BCUT2D eigenvalue weighted by Crippen LogP contribution is -2.48. The van der Waals surface area contributed by atoms with Crippen LogP contribution in [0, 0.1) is 12.3 Å². The molecule has 1 amide bonds. The Morgan fingerprint density at radius 3 is 2.70 bits per heavy atom. The van der Waals surface area contributed by atoms with E-state index in [0.29, 0.717) is 11.8 Å². The molecular weight excluding hydrogens is 288 g/mol. The minimum absolute atomic E-state index is 0.0939. The SMILES string of the molecule is Cc1cccnc1CC(=O)NCC1(CN2CCN(C)CC2)CC1. The quantitative estimate of drug-likeness (QED) is 0.853. The summed E-state index contributed by atoms with van der Waals surface area (Å²) in [5, 5.41) is 3.14. The van der Waals surface area contributed by atoms with Gasteiger partial charge in [-0.1, -0.05) is 6.07 Å². The normalized spacial score (nSPS) is 21.1. The van der Waals surface area contributed by atoms with Crippen LogP contribution >= 0.6 is 0 Å². The number of carbonyl (C=O) groups excluding carboxylic acids is 1. The van der Waals surface area contributed by atoms with Gasteiger partial charge >= 0.3 is 0 Å². The Labute approximate surface area is 139 Å². The Balaban J connectivity index is 1.44. The summed E-state index contributed by atoms with van der Waals surface area (Å²) in [4.78, 5) is 21.4. The largest absolute Gasteiger partial charge is 0.355 e. The summed E-state index contributed by atoms with van der Waals surface area (Å²) in [5.74, 6) is 0.0939. The summed E-state index contributed by atoms with van der Waals surface area (Å²) in [6.45, 7) is 8.56. The molecular formula is C18H28N4O. The van der Waals surface area contributed by atoms with Gasteiger partial charge in [0.1, 0.15) is 0 Å². The van der Waals surface area contributed by atoms with E-state index in [4.69, 9.17) is 0 Å². The molecule has 1 saturated carbocycles. The summed E-state index contributed by atoms with van der Waals surface area (Å²) >= 11 is 0. The molecule has 0 bridgehead atoms. The van der Waals surface area contributed by atoms with E-state index in [1.54, 1.807) is 6.20 Å². The molecule has 126 valence electrons. The monoisotopic (exact) mass is 316 g/mol. The molecule has 23 heavy (non-hydrogen) atoms. The van der Waals surface area contributed by atoms with Crippen LogP contribution in [0.2, 0.25) is 0 Å². The Morgan fingerprint density at radius 1 is 1.30 bits per heavy atom. The molecule has 1 aromatic rings. The van der Waals surface area contributed by atoms with Gasteiger partial charge in [0, 0.05) is 50.9 Å². The van der Waals surface area contributed by atoms with Gasteiger partial charge in [-0.3, -0.25) is 9.78 Å². The van der Waals surface area contributed by atoms with Crippen molar-refractivity contribution in [3.05, 3.63) is 29.6 Å². The van der Waals surface area contributed by atoms with Crippen molar-refractivity contribution in [1.29, 1.82) is 0 Å². The number of amides is 1. The molecule has 0 radical (unpaired) electrons. The molecule has 1 aromatic heterocycles. The Bertz CT molecular complexity index is 548. The predicted octanol–water partition coefficient (Wildman–Crippen LogP) is 1.08. The summed E-state index contributed by atoms with van der Waals surface area (Å²) < 4.78 is 0. The number of nitrogens with zero attached hydrogens (tertiary/aromatic N) is 3. The number of hydrogen-bond donors (Lipinski definition) is 1. The molecule has 2 aliphatic rings. The van der Waals surface area contributed by atoms with Gasteiger partial charge in [0.2, 0.25) is 5.91 Å². The molecule has 2 fully saturated rings. The minimum Gasteiger partial charge on any atom is -0.355 e. The molecule has 0 spiro atoms. The van der Waals surface area contributed by atoms with Gasteiger partial charge in [-0.05, 0) is 38.4 Å². The lowest BCUT2D eigenvalue weighted by Gasteiger charge is -2.34. The highest BCUT2D eigenvalue weighted by Crippen LogP contribution is 2.45.